The molecule has 0 radical (unpaired) electrons. The van der Waals surface area contributed by atoms with Gasteiger partial charge in [-0.25, -0.2) is 14.4 Å². The van der Waals surface area contributed by atoms with Crippen molar-refractivity contribution in [2.75, 3.05) is 11.9 Å². The van der Waals surface area contributed by atoms with Gasteiger partial charge in [0.05, 0.1) is 12.2 Å². The molecule has 0 fully saturated rings. The summed E-state index contributed by atoms with van der Waals surface area (Å²) >= 11 is 6.58. The summed E-state index contributed by atoms with van der Waals surface area (Å²) in [6.45, 7) is 23.5. The van der Waals surface area contributed by atoms with Gasteiger partial charge in [0.15, 0.2) is 0 Å². The zero-order valence-corrected chi connectivity index (χ0v) is 36.1. The fraction of sp³-hybridized carbons (Fsp3) is 0.477. The van der Waals surface area contributed by atoms with Crippen LogP contribution in [0, 0.1) is 10.8 Å². The molecule has 310 valence electrons. The third-order valence-electron chi connectivity index (χ3n) is 7.87. The topological polar surface area (TPSA) is 154 Å². The van der Waals surface area contributed by atoms with Crippen LogP contribution in [0.5, 0.6) is 11.5 Å². The second-order valence-electron chi connectivity index (χ2n) is 18.1. The van der Waals surface area contributed by atoms with E-state index in [4.69, 9.17) is 30.5 Å². The highest BCUT2D eigenvalue weighted by molar-refractivity contribution is 6.31. The number of benzene rings is 3. The highest BCUT2D eigenvalue weighted by Gasteiger charge is 2.27. The van der Waals surface area contributed by atoms with Crippen molar-refractivity contribution in [2.24, 2.45) is 15.8 Å². The van der Waals surface area contributed by atoms with Crippen LogP contribution in [-0.4, -0.2) is 53.9 Å². The highest BCUT2D eigenvalue weighted by atomic mass is 35.5. The molecule has 0 aliphatic rings. The Balaban J connectivity index is 1.59. The van der Waals surface area contributed by atoms with Gasteiger partial charge in [0.25, 0.3) is 0 Å². The van der Waals surface area contributed by atoms with Gasteiger partial charge >= 0.3 is 18.2 Å². The van der Waals surface area contributed by atoms with E-state index in [-0.39, 0.29) is 46.5 Å². The normalized spacial score (nSPS) is 12.9. The highest BCUT2D eigenvalue weighted by Crippen LogP contribution is 2.27. The van der Waals surface area contributed by atoms with Crippen molar-refractivity contribution in [1.29, 1.82) is 0 Å². The predicted octanol–water partition coefficient (Wildman–Crippen LogP) is 9.92. The van der Waals surface area contributed by atoms with Gasteiger partial charge in [-0.15, -0.1) is 4.99 Å². The standard InChI is InChI=1S/C44H59ClN4O8/c1-41(2,3)27-54-32-21-13-28(14-22-32)25-35(42(4,5)6)47-36(50)24-18-29-17-23-33(26-34(29)45)55-37(51)30-15-19-31(20-16-30)46-38(48-39(52)56-43(7,8)9)49-40(53)57-44(10,11)12/h13-17,19-23,26,35H,18,24-25,27H2,1-12H3,(H,47,50)(H2,46,48,49,52,53)/t35-/m0/s1. The number of carbonyl (C=O) groups excluding carboxylic acids is 4. The minimum absolute atomic E-state index is 0.0658. The van der Waals surface area contributed by atoms with Gasteiger partial charge in [-0.05, 0) is 125 Å². The average Bonchev–Trinajstić information content (AvgIpc) is 3.05. The molecule has 12 nitrogen and oxygen atoms in total. The third-order valence-corrected chi connectivity index (χ3v) is 8.22. The van der Waals surface area contributed by atoms with Gasteiger partial charge in [-0.3, -0.25) is 10.1 Å². The zero-order valence-electron chi connectivity index (χ0n) is 35.3. The van der Waals surface area contributed by atoms with Gasteiger partial charge in [0.1, 0.15) is 22.7 Å². The van der Waals surface area contributed by atoms with Crippen molar-refractivity contribution in [3.8, 4) is 11.5 Å². The molecule has 13 heteroatoms. The second-order valence-corrected chi connectivity index (χ2v) is 18.5. The molecule has 3 amide bonds. The number of aryl methyl sites for hydroxylation is 1. The van der Waals surface area contributed by atoms with Gasteiger partial charge in [-0.1, -0.05) is 71.3 Å². The summed E-state index contributed by atoms with van der Waals surface area (Å²) < 4.78 is 22.0. The molecule has 3 rings (SSSR count). The van der Waals surface area contributed by atoms with Crippen LogP contribution < -0.4 is 25.4 Å². The first-order valence-corrected chi connectivity index (χ1v) is 19.3. The summed E-state index contributed by atoms with van der Waals surface area (Å²) in [5.74, 6) is 0.0869. The Morgan fingerprint density at radius 2 is 1.35 bits per heavy atom. The number of anilines is 1. The number of carbonyl (C=O) groups is 4. The van der Waals surface area contributed by atoms with Gasteiger partial charge < -0.3 is 29.6 Å². The zero-order chi connectivity index (χ0) is 42.8. The van der Waals surface area contributed by atoms with Crippen LogP contribution in [-0.2, 0) is 27.1 Å². The number of nitrogens with zero attached hydrogens (tertiary/aromatic N) is 1. The Bertz CT molecular complexity index is 1880. The molecule has 0 aromatic heterocycles. The number of amides is 3. The second kappa shape index (κ2) is 19.4. The minimum Gasteiger partial charge on any atom is -0.493 e. The Morgan fingerprint density at radius 1 is 0.754 bits per heavy atom. The van der Waals surface area contributed by atoms with E-state index in [9.17, 15) is 19.2 Å². The molecule has 0 saturated carbocycles. The van der Waals surface area contributed by atoms with Gasteiger partial charge in [0.2, 0.25) is 11.9 Å². The van der Waals surface area contributed by atoms with Crippen LogP contribution in [0.15, 0.2) is 71.7 Å². The first kappa shape index (κ1) is 46.3. The van der Waals surface area contributed by atoms with Crippen LogP contribution in [0.25, 0.3) is 0 Å². The summed E-state index contributed by atoms with van der Waals surface area (Å²) in [4.78, 5) is 54.8. The number of nitrogens with one attached hydrogen (secondary N) is 3. The number of hydrogen-bond donors (Lipinski definition) is 3. The number of guanidine groups is 1. The number of aliphatic imine (C=N–C) groups is 1. The minimum atomic E-state index is -0.931. The quantitative estimate of drug-likeness (QED) is 0.0744. The van der Waals surface area contributed by atoms with E-state index in [0.717, 1.165) is 16.9 Å². The summed E-state index contributed by atoms with van der Waals surface area (Å²) in [7, 11) is 0. The molecule has 0 unspecified atom stereocenters. The smallest absolute Gasteiger partial charge is 0.437 e. The Morgan fingerprint density at radius 3 is 1.89 bits per heavy atom. The molecule has 0 aliphatic heterocycles. The Kier molecular flexibility index (Phi) is 15.7. The first-order chi connectivity index (χ1) is 26.2. The predicted molar refractivity (Wildman–Crippen MR) is 224 cm³/mol. The lowest BCUT2D eigenvalue weighted by Crippen LogP contribution is -2.45. The maximum absolute atomic E-state index is 13.2. The van der Waals surface area contributed by atoms with E-state index >= 15 is 0 Å². The van der Waals surface area contributed by atoms with E-state index in [2.05, 4.69) is 62.5 Å². The number of halogens is 1. The molecule has 3 aromatic rings. The summed E-state index contributed by atoms with van der Waals surface area (Å²) in [6.07, 6.45) is -0.479. The van der Waals surface area contributed by atoms with Crippen LogP contribution in [0.1, 0.15) is 111 Å². The van der Waals surface area contributed by atoms with Gasteiger partial charge in [0, 0.05) is 23.2 Å². The lowest BCUT2D eigenvalue weighted by atomic mass is 9.83. The third kappa shape index (κ3) is 17.7. The molecule has 3 aromatic carbocycles. The molecule has 57 heavy (non-hydrogen) atoms. The van der Waals surface area contributed by atoms with Crippen LogP contribution >= 0.6 is 11.6 Å². The van der Waals surface area contributed by atoms with Crippen LogP contribution in [0.4, 0.5) is 15.3 Å². The molecule has 0 heterocycles. The number of rotatable bonds is 11. The van der Waals surface area contributed by atoms with Crippen LogP contribution in [0.2, 0.25) is 5.02 Å². The monoisotopic (exact) mass is 806 g/mol. The molecule has 0 saturated heterocycles. The number of ether oxygens (including phenoxy) is 4. The molecular weight excluding hydrogens is 748 g/mol. The maximum atomic E-state index is 13.2. The van der Waals surface area contributed by atoms with Crippen molar-refractivity contribution < 1.29 is 38.1 Å². The van der Waals surface area contributed by atoms with Crippen molar-refractivity contribution in [1.82, 2.24) is 10.6 Å². The SMILES string of the molecule is CC(C)(C)COc1ccc(C[C@H](NC(=O)CCc2ccc(OC(=O)c3ccc(N/C(=N\C(=O)OC(C)(C)C)NC(=O)OC(C)(C)C)cc3)cc2Cl)C(C)(C)C)cc1. The van der Waals surface area contributed by atoms with Crippen molar-refractivity contribution in [3.63, 3.8) is 0 Å². The van der Waals surface area contributed by atoms with Crippen LogP contribution in [0.3, 0.4) is 0 Å². The number of alkyl carbamates (subject to hydrolysis) is 1. The van der Waals surface area contributed by atoms with E-state index in [1.165, 1.54) is 18.2 Å². The molecule has 0 aliphatic carbocycles. The molecule has 3 N–H and O–H groups in total. The van der Waals surface area contributed by atoms with E-state index in [1.807, 2.05) is 24.3 Å². The largest absolute Gasteiger partial charge is 0.493 e. The Labute approximate surface area is 342 Å². The number of esters is 1. The molecular formula is C44H59ClN4O8. The maximum Gasteiger partial charge on any atom is 0.437 e. The molecule has 0 spiro atoms. The first-order valence-electron chi connectivity index (χ1n) is 19.0. The average molecular weight is 807 g/mol. The molecule has 0 bridgehead atoms. The van der Waals surface area contributed by atoms with E-state index in [0.29, 0.717) is 30.2 Å². The summed E-state index contributed by atoms with van der Waals surface area (Å²) in [5.41, 5.74) is 0.735. The fourth-order valence-electron chi connectivity index (χ4n) is 5.00. The van der Waals surface area contributed by atoms with E-state index in [1.54, 1.807) is 65.8 Å². The molecule has 1 atom stereocenters. The Hall–Kier alpha value is -5.10. The summed E-state index contributed by atoms with van der Waals surface area (Å²) in [6, 6.07) is 18.9. The lowest BCUT2D eigenvalue weighted by Gasteiger charge is -2.32. The van der Waals surface area contributed by atoms with Crippen molar-refractivity contribution >= 4 is 47.3 Å². The lowest BCUT2D eigenvalue weighted by molar-refractivity contribution is -0.122. The van der Waals surface area contributed by atoms with E-state index < -0.39 is 29.4 Å². The summed E-state index contributed by atoms with van der Waals surface area (Å²) in [5, 5.41) is 8.83. The van der Waals surface area contributed by atoms with Crippen molar-refractivity contribution in [2.45, 2.75) is 120 Å². The van der Waals surface area contributed by atoms with Crippen molar-refractivity contribution in [3.05, 3.63) is 88.4 Å². The fourth-order valence-corrected chi connectivity index (χ4v) is 5.26. The van der Waals surface area contributed by atoms with Gasteiger partial charge in [-0.2, -0.15) is 0 Å². The number of hydrogen-bond acceptors (Lipinski definition) is 8.